The molecule has 1 saturated carbocycles. The van der Waals surface area contributed by atoms with E-state index in [2.05, 4.69) is 0 Å². The molecule has 1 aromatic rings. The number of piperazine rings is 1. The molecule has 1 saturated heterocycles. The van der Waals surface area contributed by atoms with Crippen molar-refractivity contribution in [2.24, 2.45) is 5.92 Å². The Morgan fingerprint density at radius 1 is 0.917 bits per heavy atom. The molecule has 0 aromatic heterocycles. The Morgan fingerprint density at radius 2 is 1.50 bits per heavy atom. The number of hydrogen-bond donors (Lipinski definition) is 0. The van der Waals surface area contributed by atoms with Gasteiger partial charge in [-0.25, -0.2) is 4.39 Å². The van der Waals surface area contributed by atoms with Gasteiger partial charge in [0.25, 0.3) is 0 Å². The van der Waals surface area contributed by atoms with Crippen molar-refractivity contribution < 1.29 is 14.0 Å². The van der Waals surface area contributed by atoms with E-state index in [4.69, 9.17) is 0 Å². The fraction of sp³-hybridized carbons (Fsp3) is 0.579. The molecule has 0 bridgehead atoms. The topological polar surface area (TPSA) is 40.6 Å². The molecule has 1 heterocycles. The Labute approximate surface area is 142 Å². The number of benzene rings is 1. The average molecular weight is 332 g/mol. The van der Waals surface area contributed by atoms with Crippen molar-refractivity contribution in [3.8, 4) is 0 Å². The minimum absolute atomic E-state index is 0.0476. The molecule has 2 aliphatic rings. The molecular formula is C19H25FN2O2. The van der Waals surface area contributed by atoms with Crippen LogP contribution < -0.4 is 0 Å². The van der Waals surface area contributed by atoms with E-state index in [0.717, 1.165) is 31.2 Å². The Bertz CT molecular complexity index is 574. The summed E-state index contributed by atoms with van der Waals surface area (Å²) in [5.74, 6) is 0.230. The summed E-state index contributed by atoms with van der Waals surface area (Å²) in [5.41, 5.74) is 0.821. The van der Waals surface area contributed by atoms with Gasteiger partial charge in [0.15, 0.2) is 0 Å². The average Bonchev–Trinajstić information content (AvgIpc) is 2.64. The number of carbonyl (C=O) groups is 2. The molecule has 0 spiro atoms. The van der Waals surface area contributed by atoms with Gasteiger partial charge < -0.3 is 9.80 Å². The number of hydrogen-bond acceptors (Lipinski definition) is 2. The largest absolute Gasteiger partial charge is 0.339 e. The molecule has 1 aromatic carbocycles. The van der Waals surface area contributed by atoms with Crippen LogP contribution in [0.4, 0.5) is 4.39 Å². The van der Waals surface area contributed by atoms with Gasteiger partial charge in [-0.15, -0.1) is 0 Å². The lowest BCUT2D eigenvalue weighted by atomic mass is 9.88. The van der Waals surface area contributed by atoms with Gasteiger partial charge in [-0.1, -0.05) is 31.4 Å². The van der Waals surface area contributed by atoms with Gasteiger partial charge >= 0.3 is 0 Å². The Balaban J connectivity index is 1.48. The standard InChI is InChI=1S/C19H25FN2O2/c20-17-8-6-15(7-9-17)14-18(23)21-10-12-22(13-11-21)19(24)16-4-2-1-3-5-16/h6-9,16H,1-5,10-14H2. The van der Waals surface area contributed by atoms with E-state index >= 15 is 0 Å². The van der Waals surface area contributed by atoms with Crippen LogP contribution in [-0.4, -0.2) is 47.8 Å². The SMILES string of the molecule is O=C(Cc1ccc(F)cc1)N1CCN(C(=O)C2CCCCC2)CC1. The first-order valence-electron chi connectivity index (χ1n) is 8.94. The maximum atomic E-state index is 12.9. The molecule has 5 heteroatoms. The fourth-order valence-corrected chi connectivity index (χ4v) is 3.67. The van der Waals surface area contributed by atoms with Crippen LogP contribution in [0.2, 0.25) is 0 Å². The van der Waals surface area contributed by atoms with Crippen LogP contribution in [0.1, 0.15) is 37.7 Å². The highest BCUT2D eigenvalue weighted by molar-refractivity contribution is 5.81. The van der Waals surface area contributed by atoms with Crippen LogP contribution >= 0.6 is 0 Å². The van der Waals surface area contributed by atoms with Crippen molar-refractivity contribution in [3.05, 3.63) is 35.6 Å². The highest BCUT2D eigenvalue weighted by Crippen LogP contribution is 2.25. The van der Waals surface area contributed by atoms with E-state index in [9.17, 15) is 14.0 Å². The van der Waals surface area contributed by atoms with E-state index in [0.29, 0.717) is 26.2 Å². The predicted octanol–water partition coefficient (Wildman–Crippen LogP) is 2.62. The zero-order valence-corrected chi connectivity index (χ0v) is 14.0. The summed E-state index contributed by atoms with van der Waals surface area (Å²) in [4.78, 5) is 28.6. The van der Waals surface area contributed by atoms with Crippen LogP contribution in [0, 0.1) is 11.7 Å². The van der Waals surface area contributed by atoms with Crippen molar-refractivity contribution in [2.45, 2.75) is 38.5 Å². The summed E-state index contributed by atoms with van der Waals surface area (Å²) in [6.07, 6.45) is 5.89. The number of carbonyl (C=O) groups excluding carboxylic acids is 2. The Hall–Kier alpha value is -1.91. The van der Waals surface area contributed by atoms with Crippen molar-refractivity contribution in [1.29, 1.82) is 0 Å². The molecule has 1 aliphatic heterocycles. The molecule has 24 heavy (non-hydrogen) atoms. The predicted molar refractivity (Wildman–Crippen MR) is 89.8 cm³/mol. The fourth-order valence-electron chi connectivity index (χ4n) is 3.67. The van der Waals surface area contributed by atoms with Crippen LogP contribution in [-0.2, 0) is 16.0 Å². The number of rotatable bonds is 3. The van der Waals surface area contributed by atoms with Gasteiger partial charge in [-0.05, 0) is 30.5 Å². The molecule has 0 unspecified atom stereocenters. The summed E-state index contributed by atoms with van der Waals surface area (Å²) in [6.45, 7) is 2.45. The maximum absolute atomic E-state index is 12.9. The monoisotopic (exact) mass is 332 g/mol. The summed E-state index contributed by atoms with van der Waals surface area (Å²) >= 11 is 0. The number of halogens is 1. The molecule has 3 rings (SSSR count). The second-order valence-electron chi connectivity index (χ2n) is 6.84. The molecule has 4 nitrogen and oxygen atoms in total. The lowest BCUT2D eigenvalue weighted by molar-refractivity contribution is -0.142. The minimum atomic E-state index is -0.291. The highest BCUT2D eigenvalue weighted by Gasteiger charge is 2.29. The van der Waals surface area contributed by atoms with E-state index < -0.39 is 0 Å². The van der Waals surface area contributed by atoms with E-state index in [1.807, 2.05) is 9.80 Å². The summed E-state index contributed by atoms with van der Waals surface area (Å²) in [5, 5.41) is 0. The van der Waals surface area contributed by atoms with Crippen molar-refractivity contribution in [3.63, 3.8) is 0 Å². The third kappa shape index (κ3) is 4.13. The van der Waals surface area contributed by atoms with Crippen LogP contribution in [0.25, 0.3) is 0 Å². The Kier molecular flexibility index (Phi) is 5.48. The lowest BCUT2D eigenvalue weighted by Crippen LogP contribution is -2.52. The van der Waals surface area contributed by atoms with Gasteiger partial charge in [0, 0.05) is 32.1 Å². The van der Waals surface area contributed by atoms with Gasteiger partial charge in [0.1, 0.15) is 5.82 Å². The minimum Gasteiger partial charge on any atom is -0.339 e. The third-order valence-electron chi connectivity index (χ3n) is 5.17. The molecule has 1 aliphatic carbocycles. The molecule has 0 radical (unpaired) electrons. The van der Waals surface area contributed by atoms with Crippen molar-refractivity contribution >= 4 is 11.8 Å². The van der Waals surface area contributed by atoms with E-state index in [-0.39, 0.29) is 30.0 Å². The van der Waals surface area contributed by atoms with Gasteiger partial charge in [-0.2, -0.15) is 0 Å². The van der Waals surface area contributed by atoms with Crippen LogP contribution in [0.5, 0.6) is 0 Å². The first-order chi connectivity index (χ1) is 11.6. The molecule has 130 valence electrons. The van der Waals surface area contributed by atoms with Crippen molar-refractivity contribution in [2.75, 3.05) is 26.2 Å². The normalized spacial score (nSPS) is 19.4. The first kappa shape index (κ1) is 16.9. The van der Waals surface area contributed by atoms with Crippen LogP contribution in [0.3, 0.4) is 0 Å². The zero-order chi connectivity index (χ0) is 16.9. The second kappa shape index (κ2) is 7.77. The summed E-state index contributed by atoms with van der Waals surface area (Å²) in [7, 11) is 0. The quantitative estimate of drug-likeness (QED) is 0.854. The third-order valence-corrected chi connectivity index (χ3v) is 5.17. The highest BCUT2D eigenvalue weighted by atomic mass is 19.1. The number of nitrogens with zero attached hydrogens (tertiary/aromatic N) is 2. The maximum Gasteiger partial charge on any atom is 0.227 e. The zero-order valence-electron chi connectivity index (χ0n) is 14.0. The van der Waals surface area contributed by atoms with Gasteiger partial charge in [-0.3, -0.25) is 9.59 Å². The summed E-state index contributed by atoms with van der Waals surface area (Å²) in [6, 6.07) is 6.05. The van der Waals surface area contributed by atoms with Gasteiger partial charge in [0.2, 0.25) is 11.8 Å². The van der Waals surface area contributed by atoms with Crippen LogP contribution in [0.15, 0.2) is 24.3 Å². The smallest absolute Gasteiger partial charge is 0.227 e. The molecule has 2 amide bonds. The molecular weight excluding hydrogens is 307 g/mol. The second-order valence-corrected chi connectivity index (χ2v) is 6.84. The summed E-state index contributed by atoms with van der Waals surface area (Å²) < 4.78 is 12.9. The molecule has 2 fully saturated rings. The Morgan fingerprint density at radius 3 is 2.12 bits per heavy atom. The number of amides is 2. The van der Waals surface area contributed by atoms with E-state index in [1.165, 1.54) is 18.6 Å². The van der Waals surface area contributed by atoms with Gasteiger partial charge in [0.05, 0.1) is 6.42 Å². The van der Waals surface area contributed by atoms with Crippen molar-refractivity contribution in [1.82, 2.24) is 9.80 Å². The first-order valence-corrected chi connectivity index (χ1v) is 8.94. The molecule has 0 atom stereocenters. The van der Waals surface area contributed by atoms with E-state index in [1.54, 1.807) is 12.1 Å². The molecule has 0 N–H and O–H groups in total. The lowest BCUT2D eigenvalue weighted by Gasteiger charge is -2.37.